The van der Waals surface area contributed by atoms with Gasteiger partial charge >= 0.3 is 0 Å². The van der Waals surface area contributed by atoms with Gasteiger partial charge in [0.1, 0.15) is 6.26 Å². The number of ether oxygens (including phenoxy) is 1. The van der Waals surface area contributed by atoms with Gasteiger partial charge in [0.15, 0.2) is 0 Å². The van der Waals surface area contributed by atoms with Crippen molar-refractivity contribution in [1.29, 1.82) is 0 Å². The van der Waals surface area contributed by atoms with E-state index in [0.29, 0.717) is 31.6 Å². The topological polar surface area (TPSA) is 71.8 Å². The van der Waals surface area contributed by atoms with Gasteiger partial charge < -0.3 is 19.4 Å². The van der Waals surface area contributed by atoms with Crippen LogP contribution in [0.2, 0.25) is 0 Å². The summed E-state index contributed by atoms with van der Waals surface area (Å²) in [5, 5.41) is 3.02. The van der Waals surface area contributed by atoms with Gasteiger partial charge in [-0.3, -0.25) is 9.59 Å². The van der Waals surface area contributed by atoms with Crippen LogP contribution < -0.4 is 5.32 Å². The lowest BCUT2D eigenvalue weighted by molar-refractivity contribution is -0.131. The Morgan fingerprint density at radius 2 is 2.07 bits per heavy atom. The molecule has 3 aliphatic heterocycles. The minimum absolute atomic E-state index is 0.124. The number of likely N-dealkylation sites (tertiary alicyclic amines) is 1. The fourth-order valence-electron chi connectivity index (χ4n) is 5.24. The van der Waals surface area contributed by atoms with Gasteiger partial charge in [-0.05, 0) is 24.5 Å². The minimum Gasteiger partial charge on any atom is -0.472 e. The molecule has 1 aromatic carbocycles. The largest absolute Gasteiger partial charge is 0.472 e. The second-order valence-electron chi connectivity index (χ2n) is 8.19. The van der Waals surface area contributed by atoms with Gasteiger partial charge in [0.2, 0.25) is 5.91 Å². The first-order chi connectivity index (χ1) is 13.6. The molecular formula is C22H24N2O4. The van der Waals surface area contributed by atoms with Crippen molar-refractivity contribution in [2.75, 3.05) is 19.6 Å². The highest BCUT2D eigenvalue weighted by atomic mass is 16.5. The van der Waals surface area contributed by atoms with Crippen LogP contribution in [0.4, 0.5) is 0 Å². The van der Waals surface area contributed by atoms with E-state index in [4.69, 9.17) is 9.15 Å². The lowest BCUT2D eigenvalue weighted by atomic mass is 9.73. The molecule has 5 rings (SSSR count). The maximum atomic E-state index is 12.8. The Morgan fingerprint density at radius 1 is 1.21 bits per heavy atom. The number of carbonyl (C=O) groups excluding carboxylic acids is 2. The number of fused-ring (bicyclic) bond motifs is 1. The minimum atomic E-state index is -0.220. The highest BCUT2D eigenvalue weighted by Crippen LogP contribution is 2.54. The Morgan fingerprint density at radius 3 is 2.86 bits per heavy atom. The van der Waals surface area contributed by atoms with Crippen LogP contribution in [0, 0.1) is 11.8 Å². The number of hydrogen-bond donors (Lipinski definition) is 1. The maximum Gasteiger partial charge on any atom is 0.254 e. The molecule has 4 atom stereocenters. The molecule has 146 valence electrons. The van der Waals surface area contributed by atoms with Crippen molar-refractivity contribution < 1.29 is 18.7 Å². The zero-order chi connectivity index (χ0) is 19.1. The van der Waals surface area contributed by atoms with Gasteiger partial charge in [-0.15, -0.1) is 0 Å². The molecule has 6 heteroatoms. The van der Waals surface area contributed by atoms with Crippen molar-refractivity contribution in [3.63, 3.8) is 0 Å². The SMILES string of the molecule is O=C(NC[C@H]1[C@H]2CN(C(=O)Cc3ccccc3)C[C@]23CC[C@H]1O3)c1ccoc1. The number of amides is 2. The van der Waals surface area contributed by atoms with Crippen molar-refractivity contribution in [1.82, 2.24) is 10.2 Å². The van der Waals surface area contributed by atoms with Crippen molar-refractivity contribution >= 4 is 11.8 Å². The van der Waals surface area contributed by atoms with E-state index in [1.807, 2.05) is 35.2 Å². The second-order valence-corrected chi connectivity index (χ2v) is 8.19. The monoisotopic (exact) mass is 380 g/mol. The fourth-order valence-corrected chi connectivity index (χ4v) is 5.24. The molecule has 2 amide bonds. The predicted molar refractivity (Wildman–Crippen MR) is 102 cm³/mol. The maximum absolute atomic E-state index is 12.8. The molecule has 2 bridgehead atoms. The number of nitrogens with one attached hydrogen (secondary N) is 1. The molecule has 3 aliphatic rings. The van der Waals surface area contributed by atoms with E-state index in [2.05, 4.69) is 5.32 Å². The molecule has 28 heavy (non-hydrogen) atoms. The van der Waals surface area contributed by atoms with E-state index < -0.39 is 0 Å². The molecule has 3 fully saturated rings. The van der Waals surface area contributed by atoms with E-state index >= 15 is 0 Å². The Kier molecular flexibility index (Phi) is 4.23. The third kappa shape index (κ3) is 2.92. The van der Waals surface area contributed by atoms with Gasteiger partial charge in [-0.1, -0.05) is 30.3 Å². The first-order valence-corrected chi connectivity index (χ1v) is 9.94. The number of furan rings is 1. The smallest absolute Gasteiger partial charge is 0.254 e. The molecule has 0 saturated carbocycles. The van der Waals surface area contributed by atoms with Gasteiger partial charge in [-0.2, -0.15) is 0 Å². The summed E-state index contributed by atoms with van der Waals surface area (Å²) in [7, 11) is 0. The Bertz CT molecular complexity index is 866. The first-order valence-electron chi connectivity index (χ1n) is 9.94. The number of nitrogens with zero attached hydrogens (tertiary/aromatic N) is 1. The quantitative estimate of drug-likeness (QED) is 0.864. The fraction of sp³-hybridized carbons (Fsp3) is 0.455. The van der Waals surface area contributed by atoms with Crippen LogP contribution in [-0.2, 0) is 16.0 Å². The Balaban J connectivity index is 1.24. The summed E-state index contributed by atoms with van der Waals surface area (Å²) in [6, 6.07) is 11.5. The zero-order valence-electron chi connectivity index (χ0n) is 15.7. The van der Waals surface area contributed by atoms with Crippen molar-refractivity contribution in [3.05, 3.63) is 60.1 Å². The summed E-state index contributed by atoms with van der Waals surface area (Å²) in [5.74, 6) is 0.568. The zero-order valence-corrected chi connectivity index (χ0v) is 15.7. The Labute approximate surface area is 163 Å². The van der Waals surface area contributed by atoms with Crippen LogP contribution in [0.1, 0.15) is 28.8 Å². The van der Waals surface area contributed by atoms with Crippen LogP contribution in [0.25, 0.3) is 0 Å². The van der Waals surface area contributed by atoms with E-state index in [1.165, 1.54) is 12.5 Å². The molecule has 0 aliphatic carbocycles. The summed E-state index contributed by atoms with van der Waals surface area (Å²) in [4.78, 5) is 27.1. The van der Waals surface area contributed by atoms with Crippen molar-refractivity contribution in [2.45, 2.75) is 31.0 Å². The summed E-state index contributed by atoms with van der Waals surface area (Å²) >= 11 is 0. The standard InChI is InChI=1S/C22H24N2O4/c25-20(10-15-4-2-1-3-5-15)24-12-18-17(19-6-8-22(18,14-24)28-19)11-23-21(26)16-7-9-27-13-16/h1-5,7,9,13,17-19H,6,8,10-12,14H2,(H,23,26)/t17-,18+,19+,22+/m0/s1. The molecule has 4 heterocycles. The second kappa shape index (κ2) is 6.78. The van der Waals surface area contributed by atoms with Crippen molar-refractivity contribution in [2.24, 2.45) is 11.8 Å². The Hall–Kier alpha value is -2.60. The summed E-state index contributed by atoms with van der Waals surface area (Å²) < 4.78 is 11.4. The first kappa shape index (κ1) is 17.5. The highest BCUT2D eigenvalue weighted by Gasteiger charge is 2.63. The summed E-state index contributed by atoms with van der Waals surface area (Å²) in [6.45, 7) is 1.96. The average molecular weight is 380 g/mol. The molecule has 1 spiro atoms. The molecule has 3 saturated heterocycles. The normalized spacial score (nSPS) is 30.4. The van der Waals surface area contributed by atoms with Crippen LogP contribution in [-0.4, -0.2) is 48.1 Å². The van der Waals surface area contributed by atoms with E-state index in [9.17, 15) is 9.59 Å². The number of benzene rings is 1. The lowest BCUT2D eigenvalue weighted by Gasteiger charge is -2.29. The molecule has 6 nitrogen and oxygen atoms in total. The average Bonchev–Trinajstić information content (AvgIpc) is 3.47. The van der Waals surface area contributed by atoms with Gasteiger partial charge in [0.05, 0.1) is 36.5 Å². The molecular weight excluding hydrogens is 356 g/mol. The third-order valence-electron chi connectivity index (χ3n) is 6.62. The van der Waals surface area contributed by atoms with Crippen molar-refractivity contribution in [3.8, 4) is 0 Å². The predicted octanol–water partition coefficient (Wildman–Crippen LogP) is 2.26. The van der Waals surface area contributed by atoms with Crippen LogP contribution in [0.5, 0.6) is 0 Å². The van der Waals surface area contributed by atoms with Crippen LogP contribution in [0.15, 0.2) is 53.3 Å². The lowest BCUT2D eigenvalue weighted by Crippen LogP contribution is -2.41. The molecule has 1 aromatic heterocycles. The van der Waals surface area contributed by atoms with E-state index in [-0.39, 0.29) is 35.4 Å². The van der Waals surface area contributed by atoms with Gasteiger partial charge in [0, 0.05) is 24.9 Å². The van der Waals surface area contributed by atoms with Gasteiger partial charge in [-0.25, -0.2) is 0 Å². The van der Waals surface area contributed by atoms with E-state index in [0.717, 1.165) is 18.4 Å². The molecule has 2 aromatic rings. The number of carbonyl (C=O) groups is 2. The van der Waals surface area contributed by atoms with Gasteiger partial charge in [0.25, 0.3) is 5.91 Å². The number of rotatable bonds is 5. The van der Waals surface area contributed by atoms with Crippen LogP contribution >= 0.6 is 0 Å². The molecule has 0 unspecified atom stereocenters. The summed E-state index contributed by atoms with van der Waals surface area (Å²) in [5.41, 5.74) is 1.35. The third-order valence-corrected chi connectivity index (χ3v) is 6.62. The molecule has 0 radical (unpaired) electrons. The summed E-state index contributed by atoms with van der Waals surface area (Å²) in [6.07, 6.45) is 5.56. The van der Waals surface area contributed by atoms with E-state index in [1.54, 1.807) is 6.07 Å². The number of hydrogen-bond acceptors (Lipinski definition) is 4. The van der Waals surface area contributed by atoms with Crippen LogP contribution in [0.3, 0.4) is 0 Å². The molecule has 1 N–H and O–H groups in total. The highest BCUT2D eigenvalue weighted by molar-refractivity contribution is 5.93.